The van der Waals surface area contributed by atoms with Crippen molar-refractivity contribution in [3.05, 3.63) is 82.2 Å². The second kappa shape index (κ2) is 7.14. The molecule has 0 saturated carbocycles. The highest BCUT2D eigenvalue weighted by Crippen LogP contribution is 2.37. The van der Waals surface area contributed by atoms with E-state index in [2.05, 4.69) is 0 Å². The number of aromatic nitrogens is 1. The van der Waals surface area contributed by atoms with Crippen LogP contribution in [0.2, 0.25) is 0 Å². The third-order valence-electron chi connectivity index (χ3n) is 6.12. The standard InChI is InChI=1S/C23H19F3N2O3/c24-23(25,26)17-4-1-3-15(10-17)18-6-7-19-16-9-14(12-28(19)21(18)29)11-27(13-16)22(30)20-5-2-8-31-20/h1-8,10,14,16H,9,11-13H2. The van der Waals surface area contributed by atoms with Crippen molar-refractivity contribution in [3.63, 3.8) is 0 Å². The van der Waals surface area contributed by atoms with Crippen LogP contribution >= 0.6 is 0 Å². The number of pyridine rings is 1. The molecule has 160 valence electrons. The van der Waals surface area contributed by atoms with Gasteiger partial charge in [0.15, 0.2) is 5.76 Å². The van der Waals surface area contributed by atoms with E-state index in [-0.39, 0.29) is 40.2 Å². The van der Waals surface area contributed by atoms with E-state index >= 15 is 0 Å². The van der Waals surface area contributed by atoms with Crippen molar-refractivity contribution in [2.45, 2.75) is 25.1 Å². The lowest BCUT2D eigenvalue weighted by molar-refractivity contribution is -0.137. The Balaban J connectivity index is 1.48. The summed E-state index contributed by atoms with van der Waals surface area (Å²) in [5, 5.41) is 0. The number of hydrogen-bond acceptors (Lipinski definition) is 3. The quantitative estimate of drug-likeness (QED) is 0.609. The number of benzene rings is 1. The van der Waals surface area contributed by atoms with Gasteiger partial charge in [0.1, 0.15) is 0 Å². The molecule has 4 heterocycles. The van der Waals surface area contributed by atoms with Gasteiger partial charge in [0.05, 0.1) is 11.8 Å². The Morgan fingerprint density at radius 2 is 1.87 bits per heavy atom. The molecular formula is C23H19F3N2O3. The van der Waals surface area contributed by atoms with Gasteiger partial charge >= 0.3 is 6.18 Å². The average molecular weight is 428 g/mol. The van der Waals surface area contributed by atoms with Crippen molar-refractivity contribution < 1.29 is 22.4 Å². The molecule has 1 fully saturated rings. The Morgan fingerprint density at radius 1 is 1.03 bits per heavy atom. The molecule has 1 saturated heterocycles. The molecule has 1 aromatic carbocycles. The zero-order valence-corrected chi connectivity index (χ0v) is 16.4. The van der Waals surface area contributed by atoms with Crippen LogP contribution in [-0.2, 0) is 12.7 Å². The molecule has 2 unspecified atom stereocenters. The molecule has 0 spiro atoms. The van der Waals surface area contributed by atoms with Gasteiger partial charge in [-0.2, -0.15) is 13.2 Å². The molecule has 0 N–H and O–H groups in total. The Morgan fingerprint density at radius 3 is 2.61 bits per heavy atom. The number of rotatable bonds is 2. The summed E-state index contributed by atoms with van der Waals surface area (Å²) in [6.07, 6.45) is -2.14. The van der Waals surface area contributed by atoms with E-state index in [0.29, 0.717) is 19.6 Å². The first-order valence-corrected chi connectivity index (χ1v) is 10.1. The first-order chi connectivity index (χ1) is 14.8. The molecule has 5 nitrogen and oxygen atoms in total. The normalized spacial score (nSPS) is 20.4. The smallest absolute Gasteiger partial charge is 0.416 e. The summed E-state index contributed by atoms with van der Waals surface area (Å²) in [7, 11) is 0. The second-order valence-corrected chi connectivity index (χ2v) is 8.15. The van der Waals surface area contributed by atoms with Gasteiger partial charge in [-0.25, -0.2) is 0 Å². The molecule has 5 rings (SSSR count). The lowest BCUT2D eigenvalue weighted by Crippen LogP contribution is -2.49. The molecule has 3 aromatic rings. The first kappa shape index (κ1) is 19.7. The average Bonchev–Trinajstić information content (AvgIpc) is 3.28. The minimum atomic E-state index is -4.47. The van der Waals surface area contributed by atoms with Crippen molar-refractivity contribution in [1.29, 1.82) is 0 Å². The summed E-state index contributed by atoms with van der Waals surface area (Å²) in [6, 6.07) is 11.5. The lowest BCUT2D eigenvalue weighted by atomic mass is 9.82. The molecule has 2 aromatic heterocycles. The Bertz CT molecular complexity index is 1200. The molecule has 2 aliphatic heterocycles. The van der Waals surface area contributed by atoms with Crippen molar-refractivity contribution in [1.82, 2.24) is 9.47 Å². The minimum absolute atomic E-state index is 0.00493. The minimum Gasteiger partial charge on any atom is -0.459 e. The van der Waals surface area contributed by atoms with E-state index in [1.54, 1.807) is 33.7 Å². The van der Waals surface area contributed by atoms with Crippen molar-refractivity contribution in [3.8, 4) is 11.1 Å². The molecule has 1 amide bonds. The highest BCUT2D eigenvalue weighted by atomic mass is 19.4. The van der Waals surface area contributed by atoms with Gasteiger partial charge in [0, 0.05) is 36.8 Å². The number of likely N-dealkylation sites (tertiary alicyclic amines) is 1. The van der Waals surface area contributed by atoms with Crippen LogP contribution in [0.25, 0.3) is 11.1 Å². The molecule has 2 atom stereocenters. The number of amides is 1. The highest BCUT2D eigenvalue weighted by Gasteiger charge is 2.37. The first-order valence-electron chi connectivity index (χ1n) is 10.1. The molecule has 31 heavy (non-hydrogen) atoms. The summed E-state index contributed by atoms with van der Waals surface area (Å²) < 4.78 is 46.2. The second-order valence-electron chi connectivity index (χ2n) is 8.15. The molecule has 0 radical (unpaired) electrons. The van der Waals surface area contributed by atoms with Gasteiger partial charge in [-0.05, 0) is 54.3 Å². The van der Waals surface area contributed by atoms with Crippen LogP contribution in [0.5, 0.6) is 0 Å². The van der Waals surface area contributed by atoms with Crippen LogP contribution in [0, 0.1) is 5.92 Å². The third-order valence-corrected chi connectivity index (χ3v) is 6.12. The molecule has 0 aliphatic carbocycles. The Labute approximate surface area is 175 Å². The summed E-state index contributed by atoms with van der Waals surface area (Å²) >= 11 is 0. The third kappa shape index (κ3) is 3.45. The number of carbonyl (C=O) groups excluding carboxylic acids is 1. The monoisotopic (exact) mass is 428 g/mol. The largest absolute Gasteiger partial charge is 0.459 e. The number of carbonyl (C=O) groups is 1. The van der Waals surface area contributed by atoms with Gasteiger partial charge in [0.2, 0.25) is 0 Å². The molecular weight excluding hydrogens is 409 g/mol. The molecule has 2 aliphatic rings. The Kier molecular flexibility index (Phi) is 4.53. The zero-order chi connectivity index (χ0) is 21.8. The maximum absolute atomic E-state index is 13.2. The number of hydrogen-bond donors (Lipinski definition) is 0. The van der Waals surface area contributed by atoms with Gasteiger partial charge in [-0.15, -0.1) is 0 Å². The summed E-state index contributed by atoms with van der Waals surface area (Å²) in [4.78, 5) is 27.6. The highest BCUT2D eigenvalue weighted by molar-refractivity contribution is 5.91. The number of alkyl halides is 3. The fourth-order valence-corrected chi connectivity index (χ4v) is 4.75. The fraction of sp³-hybridized carbons (Fsp3) is 0.304. The van der Waals surface area contributed by atoms with E-state index in [4.69, 9.17) is 4.42 Å². The Hall–Kier alpha value is -3.29. The number of furan rings is 1. The number of halogens is 3. The van der Waals surface area contributed by atoms with Crippen molar-refractivity contribution in [2.75, 3.05) is 13.1 Å². The topological polar surface area (TPSA) is 55.5 Å². The summed E-state index contributed by atoms with van der Waals surface area (Å²) in [5.41, 5.74) is 0.237. The van der Waals surface area contributed by atoms with Crippen LogP contribution in [-0.4, -0.2) is 28.5 Å². The van der Waals surface area contributed by atoms with Gasteiger partial charge in [-0.1, -0.05) is 12.1 Å². The van der Waals surface area contributed by atoms with E-state index in [1.165, 1.54) is 18.4 Å². The van der Waals surface area contributed by atoms with E-state index in [0.717, 1.165) is 24.2 Å². The number of nitrogens with zero attached hydrogens (tertiary/aromatic N) is 2. The van der Waals surface area contributed by atoms with E-state index in [1.807, 2.05) is 0 Å². The molecule has 2 bridgehead atoms. The van der Waals surface area contributed by atoms with Crippen LogP contribution in [0.3, 0.4) is 0 Å². The maximum Gasteiger partial charge on any atom is 0.416 e. The van der Waals surface area contributed by atoms with Crippen LogP contribution in [0.1, 0.15) is 34.2 Å². The lowest BCUT2D eigenvalue weighted by Gasteiger charge is -2.42. The zero-order valence-electron chi connectivity index (χ0n) is 16.4. The summed E-state index contributed by atoms with van der Waals surface area (Å²) in [5.74, 6) is 0.211. The predicted octanol–water partition coefficient (Wildman–Crippen LogP) is 4.39. The van der Waals surface area contributed by atoms with E-state index in [9.17, 15) is 22.8 Å². The van der Waals surface area contributed by atoms with Crippen molar-refractivity contribution >= 4 is 5.91 Å². The van der Waals surface area contributed by atoms with Crippen molar-refractivity contribution in [2.24, 2.45) is 5.92 Å². The van der Waals surface area contributed by atoms with E-state index < -0.39 is 11.7 Å². The van der Waals surface area contributed by atoms with Gasteiger partial charge < -0.3 is 13.9 Å². The van der Waals surface area contributed by atoms with Gasteiger partial charge in [-0.3, -0.25) is 9.59 Å². The summed E-state index contributed by atoms with van der Waals surface area (Å²) in [6.45, 7) is 1.41. The SMILES string of the molecule is O=C(c1ccco1)N1CC2CC(C1)c1ccc(-c3cccc(C(F)(F)F)c3)c(=O)n1C2. The predicted molar refractivity (Wildman–Crippen MR) is 107 cm³/mol. The maximum atomic E-state index is 13.2. The number of fused-ring (bicyclic) bond motifs is 4. The van der Waals surface area contributed by atoms with Gasteiger partial charge in [0.25, 0.3) is 11.5 Å². The van der Waals surface area contributed by atoms with Crippen LogP contribution in [0.4, 0.5) is 13.2 Å². The fourth-order valence-electron chi connectivity index (χ4n) is 4.75. The van der Waals surface area contributed by atoms with Crippen LogP contribution in [0.15, 0.2) is 64.0 Å². The van der Waals surface area contributed by atoms with Crippen LogP contribution < -0.4 is 5.56 Å². The molecule has 8 heteroatoms. The number of piperidine rings is 1.